The van der Waals surface area contributed by atoms with Crippen LogP contribution in [0.25, 0.3) is 6.08 Å². The number of hydrogen-bond acceptors (Lipinski definition) is 6. The summed E-state index contributed by atoms with van der Waals surface area (Å²) in [5, 5.41) is 13.0. The third kappa shape index (κ3) is 5.53. The number of nitrogens with one attached hydrogen (secondary N) is 1. The number of benzene rings is 1. The van der Waals surface area contributed by atoms with Crippen molar-refractivity contribution >= 4 is 45.3 Å². The first-order valence-electron chi connectivity index (χ1n) is 6.69. The van der Waals surface area contributed by atoms with Gasteiger partial charge >= 0.3 is 5.97 Å². The van der Waals surface area contributed by atoms with Gasteiger partial charge in [0.1, 0.15) is 17.3 Å². The molecule has 0 aliphatic carbocycles. The highest BCUT2D eigenvalue weighted by Gasteiger charge is 2.17. The quantitative estimate of drug-likeness (QED) is 0.337. The number of esters is 1. The molecule has 0 saturated carbocycles. The number of hydrogen-bond donors (Lipinski definition) is 1. The number of halogens is 2. The van der Waals surface area contributed by atoms with Crippen LogP contribution in [0.1, 0.15) is 5.76 Å². The van der Waals surface area contributed by atoms with Gasteiger partial charge in [-0.3, -0.25) is 14.9 Å². The van der Waals surface area contributed by atoms with E-state index >= 15 is 0 Å². The maximum Gasteiger partial charge on any atom is 0.331 e. The van der Waals surface area contributed by atoms with Crippen molar-refractivity contribution in [2.24, 2.45) is 0 Å². The Morgan fingerprint density at radius 2 is 2.12 bits per heavy atom. The number of rotatable bonds is 6. The van der Waals surface area contributed by atoms with Gasteiger partial charge in [0, 0.05) is 6.08 Å². The monoisotopic (exact) mass is 412 g/mol. The average Bonchev–Trinajstić information content (AvgIpc) is 2.98. The van der Waals surface area contributed by atoms with Crippen LogP contribution in [0.5, 0.6) is 0 Å². The van der Waals surface area contributed by atoms with Crippen LogP contribution in [-0.4, -0.2) is 23.4 Å². The van der Waals surface area contributed by atoms with Gasteiger partial charge in [0.2, 0.25) is 0 Å². The Balaban J connectivity index is 1.89. The predicted octanol–water partition coefficient (Wildman–Crippen LogP) is 3.28. The summed E-state index contributed by atoms with van der Waals surface area (Å²) in [6.07, 6.45) is 2.40. The lowest BCUT2D eigenvalue weighted by Crippen LogP contribution is -2.20. The van der Waals surface area contributed by atoms with E-state index in [2.05, 4.69) is 21.2 Å². The normalized spacial score (nSPS) is 10.6. The third-order valence-electron chi connectivity index (χ3n) is 2.75. The fourth-order valence-corrected chi connectivity index (χ4v) is 2.02. The van der Waals surface area contributed by atoms with Crippen LogP contribution in [-0.2, 0) is 14.3 Å². The standard InChI is InChI=1S/C15H10BrFN2O6/c16-13-5-2-10(25-13)3-6-15(21)24-8-14(20)18-11-4-1-9(17)7-12(11)19(22)23/h1-7H,8H2,(H,18,20). The largest absolute Gasteiger partial charge is 0.452 e. The molecule has 130 valence electrons. The minimum absolute atomic E-state index is 0.205. The molecule has 0 aliphatic rings. The van der Waals surface area contributed by atoms with Crippen LogP contribution in [0.15, 0.2) is 45.5 Å². The summed E-state index contributed by atoms with van der Waals surface area (Å²) < 4.78 is 23.3. The van der Waals surface area contributed by atoms with Crippen molar-refractivity contribution in [2.45, 2.75) is 0 Å². The van der Waals surface area contributed by atoms with Gasteiger partial charge in [-0.25, -0.2) is 9.18 Å². The fourth-order valence-electron chi connectivity index (χ4n) is 1.70. The fraction of sp³-hybridized carbons (Fsp3) is 0.0667. The molecule has 0 radical (unpaired) electrons. The van der Waals surface area contributed by atoms with Crippen molar-refractivity contribution < 1.29 is 28.1 Å². The van der Waals surface area contributed by atoms with Crippen molar-refractivity contribution in [1.82, 2.24) is 0 Å². The maximum absolute atomic E-state index is 13.0. The average molecular weight is 413 g/mol. The van der Waals surface area contributed by atoms with E-state index < -0.39 is 34.9 Å². The second-order valence-corrected chi connectivity index (χ2v) is 5.33. The molecule has 2 aromatic rings. The summed E-state index contributed by atoms with van der Waals surface area (Å²) in [5.74, 6) is -2.03. The predicted molar refractivity (Wildman–Crippen MR) is 88.1 cm³/mol. The van der Waals surface area contributed by atoms with E-state index in [4.69, 9.17) is 9.15 Å². The van der Waals surface area contributed by atoms with Crippen LogP contribution in [0.3, 0.4) is 0 Å². The molecule has 0 unspecified atom stereocenters. The number of carbonyl (C=O) groups excluding carboxylic acids is 2. The van der Waals surface area contributed by atoms with E-state index in [0.29, 0.717) is 16.5 Å². The highest BCUT2D eigenvalue weighted by molar-refractivity contribution is 9.10. The van der Waals surface area contributed by atoms with Crippen LogP contribution in [0.2, 0.25) is 0 Å². The van der Waals surface area contributed by atoms with Gasteiger partial charge in [-0.2, -0.15) is 0 Å². The van der Waals surface area contributed by atoms with Gasteiger partial charge in [0.25, 0.3) is 11.6 Å². The number of amides is 1. The second kappa shape index (κ2) is 8.20. The van der Waals surface area contributed by atoms with Crippen LogP contribution in [0, 0.1) is 15.9 Å². The molecule has 8 nitrogen and oxygen atoms in total. The molecule has 1 aromatic heterocycles. The number of nitrogens with zero attached hydrogens (tertiary/aromatic N) is 1. The number of ether oxygens (including phenoxy) is 1. The van der Waals surface area contributed by atoms with Crippen molar-refractivity contribution in [1.29, 1.82) is 0 Å². The number of nitro groups is 1. The molecule has 0 bridgehead atoms. The summed E-state index contributed by atoms with van der Waals surface area (Å²) >= 11 is 3.10. The highest BCUT2D eigenvalue weighted by atomic mass is 79.9. The summed E-state index contributed by atoms with van der Waals surface area (Å²) in [5.41, 5.74) is -0.814. The van der Waals surface area contributed by atoms with E-state index in [-0.39, 0.29) is 5.69 Å². The Labute approximate surface area is 148 Å². The van der Waals surface area contributed by atoms with Crippen LogP contribution >= 0.6 is 15.9 Å². The third-order valence-corrected chi connectivity index (χ3v) is 3.18. The molecule has 1 heterocycles. The molecule has 1 aromatic carbocycles. The number of furan rings is 1. The van der Waals surface area contributed by atoms with Gasteiger partial charge in [0.15, 0.2) is 11.3 Å². The lowest BCUT2D eigenvalue weighted by atomic mass is 10.2. The Hall–Kier alpha value is -3.01. The van der Waals surface area contributed by atoms with Gasteiger partial charge in [-0.1, -0.05) is 0 Å². The first kappa shape index (κ1) is 18.3. The minimum Gasteiger partial charge on any atom is -0.452 e. The van der Waals surface area contributed by atoms with Gasteiger partial charge in [-0.15, -0.1) is 0 Å². The SMILES string of the molecule is O=C(COC(=O)C=Cc1ccc(Br)o1)Nc1ccc(F)cc1[N+](=O)[O-]. The van der Waals surface area contributed by atoms with Gasteiger partial charge in [-0.05, 0) is 46.3 Å². The number of carbonyl (C=O) groups is 2. The van der Waals surface area contributed by atoms with Crippen LogP contribution in [0.4, 0.5) is 15.8 Å². The molecule has 25 heavy (non-hydrogen) atoms. The first-order chi connectivity index (χ1) is 11.8. The zero-order valence-corrected chi connectivity index (χ0v) is 14.0. The van der Waals surface area contributed by atoms with Gasteiger partial charge < -0.3 is 14.5 Å². The Morgan fingerprint density at radius 3 is 2.76 bits per heavy atom. The molecule has 1 amide bonds. The molecule has 0 spiro atoms. The van der Waals surface area contributed by atoms with Crippen LogP contribution < -0.4 is 5.32 Å². The summed E-state index contributed by atoms with van der Waals surface area (Å²) in [6, 6.07) is 5.91. The van der Waals surface area contributed by atoms with Gasteiger partial charge in [0.05, 0.1) is 11.0 Å². The van der Waals surface area contributed by atoms with E-state index in [1.165, 1.54) is 6.08 Å². The molecular weight excluding hydrogens is 403 g/mol. The molecule has 0 aliphatic heterocycles. The highest BCUT2D eigenvalue weighted by Crippen LogP contribution is 2.24. The molecular formula is C15H10BrFN2O6. The molecule has 1 N–H and O–H groups in total. The summed E-state index contributed by atoms with van der Waals surface area (Å²) in [6.45, 7) is -0.667. The molecule has 2 rings (SSSR count). The van der Waals surface area contributed by atoms with E-state index in [1.807, 2.05) is 0 Å². The maximum atomic E-state index is 13.0. The minimum atomic E-state index is -0.838. The molecule has 0 atom stereocenters. The van der Waals surface area contributed by atoms with Crippen molar-refractivity contribution in [2.75, 3.05) is 11.9 Å². The Morgan fingerprint density at radius 1 is 1.36 bits per heavy atom. The van der Waals surface area contributed by atoms with E-state index in [1.54, 1.807) is 12.1 Å². The lowest BCUT2D eigenvalue weighted by Gasteiger charge is -2.06. The lowest BCUT2D eigenvalue weighted by molar-refractivity contribution is -0.384. The van der Waals surface area contributed by atoms with E-state index in [9.17, 15) is 24.1 Å². The van der Waals surface area contributed by atoms with Crippen molar-refractivity contribution in [3.05, 3.63) is 62.8 Å². The number of anilines is 1. The van der Waals surface area contributed by atoms with Crippen molar-refractivity contribution in [3.63, 3.8) is 0 Å². The van der Waals surface area contributed by atoms with E-state index in [0.717, 1.165) is 18.2 Å². The topological polar surface area (TPSA) is 112 Å². The molecule has 10 heteroatoms. The second-order valence-electron chi connectivity index (χ2n) is 4.55. The first-order valence-corrected chi connectivity index (χ1v) is 7.48. The number of nitro benzene ring substituents is 1. The molecule has 0 saturated heterocycles. The zero-order chi connectivity index (χ0) is 18.4. The smallest absolute Gasteiger partial charge is 0.331 e. The zero-order valence-electron chi connectivity index (χ0n) is 12.4. The summed E-state index contributed by atoms with van der Waals surface area (Å²) in [4.78, 5) is 33.2. The summed E-state index contributed by atoms with van der Waals surface area (Å²) in [7, 11) is 0. The Kier molecular flexibility index (Phi) is 6.01. The Bertz CT molecular complexity index is 848. The molecule has 0 fully saturated rings. The van der Waals surface area contributed by atoms with Crippen molar-refractivity contribution in [3.8, 4) is 0 Å².